The molecule has 0 aliphatic carbocycles. The maximum atomic E-state index is 11.1. The summed E-state index contributed by atoms with van der Waals surface area (Å²) < 4.78 is 14.5. The zero-order chi connectivity index (χ0) is 12.1. The number of hydrogen-bond donors (Lipinski definition) is 1. The van der Waals surface area contributed by atoms with E-state index in [2.05, 4.69) is 4.74 Å². The van der Waals surface area contributed by atoms with Crippen LogP contribution < -0.4 is 9.47 Å². The Morgan fingerprint density at radius 3 is 2.31 bits per heavy atom. The number of carbonyl (C=O) groups is 1. The highest BCUT2D eigenvalue weighted by Crippen LogP contribution is 2.30. The number of aliphatic hydroxyl groups is 1. The van der Waals surface area contributed by atoms with E-state index in [1.165, 1.54) is 27.4 Å². The number of carbonyl (C=O) groups excluding carboxylic acids is 1. The van der Waals surface area contributed by atoms with E-state index in [0.717, 1.165) is 0 Å². The van der Waals surface area contributed by atoms with Gasteiger partial charge in [-0.15, -0.1) is 0 Å². The number of rotatable bonds is 4. The van der Waals surface area contributed by atoms with Crippen LogP contribution in [-0.4, -0.2) is 32.4 Å². The van der Waals surface area contributed by atoms with Crippen LogP contribution in [0.4, 0.5) is 0 Å². The molecule has 0 unspecified atom stereocenters. The fraction of sp³-hybridized carbons (Fsp3) is 0.364. The average molecular weight is 226 g/mol. The predicted molar refractivity (Wildman–Crippen MR) is 56.5 cm³/mol. The van der Waals surface area contributed by atoms with Crippen LogP contribution in [-0.2, 0) is 9.53 Å². The molecule has 5 heteroatoms. The molecule has 0 aliphatic heterocycles. The van der Waals surface area contributed by atoms with Crippen molar-refractivity contribution in [3.05, 3.63) is 23.8 Å². The zero-order valence-corrected chi connectivity index (χ0v) is 9.39. The van der Waals surface area contributed by atoms with E-state index >= 15 is 0 Å². The molecular weight excluding hydrogens is 212 g/mol. The number of hydrogen-bond acceptors (Lipinski definition) is 5. The van der Waals surface area contributed by atoms with Crippen LogP contribution in [0, 0.1) is 0 Å². The molecule has 0 bridgehead atoms. The molecule has 1 aromatic rings. The number of benzene rings is 1. The maximum absolute atomic E-state index is 11.1. The molecule has 0 heterocycles. The Bertz CT molecular complexity index is 375. The lowest BCUT2D eigenvalue weighted by atomic mass is 10.1. The number of ether oxygens (including phenoxy) is 3. The van der Waals surface area contributed by atoms with E-state index in [1.807, 2.05) is 0 Å². The van der Waals surface area contributed by atoms with Crippen molar-refractivity contribution in [2.75, 3.05) is 21.3 Å². The van der Waals surface area contributed by atoms with Gasteiger partial charge in [0.15, 0.2) is 17.6 Å². The summed E-state index contributed by atoms with van der Waals surface area (Å²) in [5.74, 6) is 0.262. The molecule has 0 radical (unpaired) electrons. The van der Waals surface area contributed by atoms with Crippen molar-refractivity contribution in [3.8, 4) is 11.5 Å². The van der Waals surface area contributed by atoms with Crippen LogP contribution in [0.5, 0.6) is 11.5 Å². The minimum Gasteiger partial charge on any atom is -0.493 e. The van der Waals surface area contributed by atoms with Crippen molar-refractivity contribution in [3.63, 3.8) is 0 Å². The number of esters is 1. The van der Waals surface area contributed by atoms with Crippen molar-refractivity contribution < 1.29 is 24.1 Å². The SMILES string of the molecule is COC(=O)[C@@H](O)c1ccc(OC)c(OC)c1. The van der Waals surface area contributed by atoms with Crippen LogP contribution in [0.25, 0.3) is 0 Å². The third kappa shape index (κ3) is 2.43. The number of methoxy groups -OCH3 is 3. The van der Waals surface area contributed by atoms with Gasteiger partial charge in [0.2, 0.25) is 0 Å². The first-order valence-electron chi connectivity index (χ1n) is 4.61. The number of aliphatic hydroxyl groups excluding tert-OH is 1. The maximum Gasteiger partial charge on any atom is 0.339 e. The molecule has 0 aromatic heterocycles. The predicted octanol–water partition coefficient (Wildman–Crippen LogP) is 0.910. The van der Waals surface area contributed by atoms with Crippen molar-refractivity contribution in [2.24, 2.45) is 0 Å². The second-order valence-corrected chi connectivity index (χ2v) is 3.04. The van der Waals surface area contributed by atoms with Crippen LogP contribution in [0.1, 0.15) is 11.7 Å². The van der Waals surface area contributed by atoms with Crippen molar-refractivity contribution in [1.29, 1.82) is 0 Å². The third-order valence-electron chi connectivity index (χ3n) is 2.15. The Kier molecular flexibility index (Phi) is 4.13. The Morgan fingerprint density at radius 2 is 1.81 bits per heavy atom. The highest BCUT2D eigenvalue weighted by Gasteiger charge is 2.19. The molecule has 0 saturated heterocycles. The molecule has 1 atom stereocenters. The lowest BCUT2D eigenvalue weighted by Crippen LogP contribution is -2.13. The topological polar surface area (TPSA) is 65.0 Å². The molecule has 5 nitrogen and oxygen atoms in total. The summed E-state index contributed by atoms with van der Waals surface area (Å²) in [6, 6.07) is 4.71. The molecule has 0 amide bonds. The normalized spacial score (nSPS) is 11.8. The molecule has 0 fully saturated rings. The van der Waals surface area contributed by atoms with Gasteiger partial charge in [0.05, 0.1) is 21.3 Å². The van der Waals surface area contributed by atoms with Gasteiger partial charge in [0.25, 0.3) is 0 Å². The van der Waals surface area contributed by atoms with E-state index in [9.17, 15) is 9.90 Å². The van der Waals surface area contributed by atoms with Crippen molar-refractivity contribution in [1.82, 2.24) is 0 Å². The standard InChI is InChI=1S/C11H14O5/c1-14-8-5-4-7(6-9(8)15-2)10(12)11(13)16-3/h4-6,10,12H,1-3H3/t10-/m0/s1. The third-order valence-corrected chi connectivity index (χ3v) is 2.15. The van der Waals surface area contributed by atoms with Crippen molar-refractivity contribution in [2.45, 2.75) is 6.10 Å². The van der Waals surface area contributed by atoms with Gasteiger partial charge < -0.3 is 19.3 Å². The summed E-state index contributed by atoms with van der Waals surface area (Å²) in [6.45, 7) is 0. The first kappa shape index (κ1) is 12.3. The fourth-order valence-corrected chi connectivity index (χ4v) is 1.27. The highest BCUT2D eigenvalue weighted by atomic mass is 16.5. The second-order valence-electron chi connectivity index (χ2n) is 3.04. The van der Waals surface area contributed by atoms with Gasteiger partial charge in [-0.25, -0.2) is 4.79 Å². The monoisotopic (exact) mass is 226 g/mol. The minimum absolute atomic E-state index is 0.393. The summed E-state index contributed by atoms with van der Waals surface area (Å²) >= 11 is 0. The lowest BCUT2D eigenvalue weighted by Gasteiger charge is -2.12. The lowest BCUT2D eigenvalue weighted by molar-refractivity contribution is -0.150. The van der Waals surface area contributed by atoms with E-state index in [0.29, 0.717) is 17.1 Å². The van der Waals surface area contributed by atoms with E-state index in [4.69, 9.17) is 9.47 Å². The van der Waals surface area contributed by atoms with Gasteiger partial charge in [-0.1, -0.05) is 6.07 Å². The molecule has 0 saturated carbocycles. The molecule has 0 spiro atoms. The van der Waals surface area contributed by atoms with E-state index in [-0.39, 0.29) is 0 Å². The largest absolute Gasteiger partial charge is 0.493 e. The summed E-state index contributed by atoms with van der Waals surface area (Å²) in [4.78, 5) is 11.1. The van der Waals surface area contributed by atoms with Crippen LogP contribution in [0.15, 0.2) is 18.2 Å². The van der Waals surface area contributed by atoms with Gasteiger partial charge in [0.1, 0.15) is 0 Å². The first-order valence-corrected chi connectivity index (χ1v) is 4.61. The molecule has 1 rings (SSSR count). The van der Waals surface area contributed by atoms with Crippen LogP contribution in [0.3, 0.4) is 0 Å². The van der Waals surface area contributed by atoms with Crippen molar-refractivity contribution >= 4 is 5.97 Å². The molecule has 16 heavy (non-hydrogen) atoms. The van der Waals surface area contributed by atoms with Gasteiger partial charge in [0, 0.05) is 0 Å². The summed E-state index contributed by atoms with van der Waals surface area (Å²) in [7, 11) is 4.20. The Labute approximate surface area is 93.6 Å². The molecule has 1 aromatic carbocycles. The van der Waals surface area contributed by atoms with E-state index < -0.39 is 12.1 Å². The van der Waals surface area contributed by atoms with Crippen LogP contribution >= 0.6 is 0 Å². The molecule has 1 N–H and O–H groups in total. The molecular formula is C11H14O5. The summed E-state index contributed by atoms with van der Waals surface area (Å²) in [5.41, 5.74) is 0.393. The fourth-order valence-electron chi connectivity index (χ4n) is 1.27. The highest BCUT2D eigenvalue weighted by molar-refractivity contribution is 5.76. The molecule has 88 valence electrons. The van der Waals surface area contributed by atoms with Gasteiger partial charge >= 0.3 is 5.97 Å². The Hall–Kier alpha value is -1.75. The minimum atomic E-state index is -1.31. The van der Waals surface area contributed by atoms with Gasteiger partial charge in [-0.2, -0.15) is 0 Å². The quantitative estimate of drug-likeness (QED) is 0.773. The smallest absolute Gasteiger partial charge is 0.339 e. The Balaban J connectivity index is 3.03. The van der Waals surface area contributed by atoms with Crippen LogP contribution in [0.2, 0.25) is 0 Å². The van der Waals surface area contributed by atoms with Gasteiger partial charge in [-0.05, 0) is 17.7 Å². The average Bonchev–Trinajstić information content (AvgIpc) is 2.35. The molecule has 0 aliphatic rings. The Morgan fingerprint density at radius 1 is 1.19 bits per heavy atom. The zero-order valence-electron chi connectivity index (χ0n) is 9.39. The van der Waals surface area contributed by atoms with E-state index in [1.54, 1.807) is 12.1 Å². The summed E-state index contributed by atoms with van der Waals surface area (Å²) in [6.07, 6.45) is -1.31. The van der Waals surface area contributed by atoms with Gasteiger partial charge in [-0.3, -0.25) is 0 Å². The summed E-state index contributed by atoms with van der Waals surface area (Å²) in [5, 5.41) is 9.60. The first-order chi connectivity index (χ1) is 7.63. The second kappa shape index (κ2) is 5.37.